The number of aromatic carboxylic acids is 1. The molecular formula is C11H15ClN2O3. The van der Waals surface area contributed by atoms with Crippen LogP contribution in [0, 0.1) is 0 Å². The zero-order chi connectivity index (χ0) is 13.0. The lowest BCUT2D eigenvalue weighted by Crippen LogP contribution is -2.23. The number of hydrogen-bond donors (Lipinski definition) is 2. The van der Waals surface area contributed by atoms with E-state index in [1.54, 1.807) is 24.9 Å². The maximum atomic E-state index is 10.9. The number of aliphatic hydroxyl groups is 1. The fraction of sp³-hybridized carbons (Fsp3) is 0.455. The molecule has 1 heterocycles. The van der Waals surface area contributed by atoms with E-state index in [0.29, 0.717) is 18.8 Å². The molecule has 1 unspecified atom stereocenters. The molecule has 0 aliphatic heterocycles. The van der Waals surface area contributed by atoms with Gasteiger partial charge in [0.15, 0.2) is 5.69 Å². The first-order chi connectivity index (χ1) is 7.91. The summed E-state index contributed by atoms with van der Waals surface area (Å²) in [4.78, 5) is 16.6. The fourth-order valence-corrected chi connectivity index (χ4v) is 1.48. The molecule has 1 rings (SSSR count). The highest BCUT2D eigenvalue weighted by molar-refractivity contribution is 6.33. The van der Waals surface area contributed by atoms with Crippen LogP contribution in [0.2, 0.25) is 5.02 Å². The molecule has 0 saturated carbocycles. The quantitative estimate of drug-likeness (QED) is 0.840. The lowest BCUT2D eigenvalue weighted by atomic mass is 10.2. The van der Waals surface area contributed by atoms with Gasteiger partial charge in [-0.3, -0.25) is 0 Å². The monoisotopic (exact) mass is 258 g/mol. The molecule has 94 valence electrons. The van der Waals surface area contributed by atoms with E-state index < -0.39 is 12.1 Å². The van der Waals surface area contributed by atoms with Gasteiger partial charge in [0.1, 0.15) is 5.82 Å². The van der Waals surface area contributed by atoms with E-state index in [2.05, 4.69) is 4.98 Å². The zero-order valence-corrected chi connectivity index (χ0v) is 10.5. The molecule has 17 heavy (non-hydrogen) atoms. The Balaban J connectivity index is 2.84. The van der Waals surface area contributed by atoms with Crippen molar-refractivity contribution in [2.24, 2.45) is 0 Å². The van der Waals surface area contributed by atoms with Crippen LogP contribution in [0.15, 0.2) is 12.1 Å². The number of aromatic nitrogens is 1. The second-order valence-corrected chi connectivity index (χ2v) is 4.27. The van der Waals surface area contributed by atoms with Gasteiger partial charge in [-0.2, -0.15) is 0 Å². The van der Waals surface area contributed by atoms with Crippen LogP contribution < -0.4 is 4.90 Å². The number of aliphatic hydroxyl groups excluding tert-OH is 1. The minimum absolute atomic E-state index is 0.116. The maximum absolute atomic E-state index is 10.9. The molecule has 0 aromatic carbocycles. The van der Waals surface area contributed by atoms with Crippen molar-refractivity contribution in [1.82, 2.24) is 4.98 Å². The first-order valence-electron chi connectivity index (χ1n) is 5.21. The molecule has 1 atom stereocenters. The number of hydrogen-bond acceptors (Lipinski definition) is 4. The Morgan fingerprint density at radius 2 is 2.24 bits per heavy atom. The van der Waals surface area contributed by atoms with Crippen molar-refractivity contribution < 1.29 is 15.0 Å². The van der Waals surface area contributed by atoms with Gasteiger partial charge < -0.3 is 15.1 Å². The molecule has 0 aliphatic rings. The van der Waals surface area contributed by atoms with E-state index >= 15 is 0 Å². The predicted octanol–water partition coefficient (Wildman–Crippen LogP) is 1.64. The fourth-order valence-electron chi connectivity index (χ4n) is 1.29. The molecule has 1 aromatic heterocycles. The smallest absolute Gasteiger partial charge is 0.356 e. The summed E-state index contributed by atoms with van der Waals surface area (Å²) in [5, 5.41) is 18.2. The van der Waals surface area contributed by atoms with Crippen molar-refractivity contribution in [2.45, 2.75) is 19.4 Å². The number of carbonyl (C=O) groups is 1. The van der Waals surface area contributed by atoms with Gasteiger partial charge in [-0.15, -0.1) is 0 Å². The molecule has 1 aromatic rings. The normalized spacial score (nSPS) is 12.2. The Bertz CT molecular complexity index is 410. The molecule has 0 spiro atoms. The van der Waals surface area contributed by atoms with E-state index in [1.165, 1.54) is 6.07 Å². The van der Waals surface area contributed by atoms with Crippen LogP contribution in [0.3, 0.4) is 0 Å². The van der Waals surface area contributed by atoms with Crippen LogP contribution in [0.1, 0.15) is 23.8 Å². The van der Waals surface area contributed by atoms with Crippen molar-refractivity contribution in [3.8, 4) is 0 Å². The minimum atomic E-state index is -1.15. The summed E-state index contributed by atoms with van der Waals surface area (Å²) < 4.78 is 0. The average molecular weight is 259 g/mol. The highest BCUT2D eigenvalue weighted by atomic mass is 35.5. The highest BCUT2D eigenvalue weighted by Gasteiger charge is 2.13. The van der Waals surface area contributed by atoms with Crippen LogP contribution in [0.5, 0.6) is 0 Å². The SMILES string of the molecule is CC(O)CCN(C)c1ccc(Cl)c(C(=O)O)n1. The topological polar surface area (TPSA) is 73.7 Å². The zero-order valence-electron chi connectivity index (χ0n) is 9.72. The second kappa shape index (κ2) is 5.84. The lowest BCUT2D eigenvalue weighted by molar-refractivity contribution is 0.0690. The third-order valence-electron chi connectivity index (χ3n) is 2.31. The minimum Gasteiger partial charge on any atom is -0.476 e. The number of anilines is 1. The first kappa shape index (κ1) is 13.7. The van der Waals surface area contributed by atoms with Gasteiger partial charge in [-0.05, 0) is 25.5 Å². The summed E-state index contributed by atoms with van der Waals surface area (Å²) >= 11 is 5.72. The molecule has 0 bridgehead atoms. The standard InChI is InChI=1S/C11H15ClN2O3/c1-7(15)5-6-14(2)9-4-3-8(12)10(13-9)11(16)17/h3-4,7,15H,5-6H2,1-2H3,(H,16,17). The van der Waals surface area contributed by atoms with Crippen molar-refractivity contribution in [3.63, 3.8) is 0 Å². The summed E-state index contributed by atoms with van der Waals surface area (Å²) in [6, 6.07) is 3.16. The van der Waals surface area contributed by atoms with Crippen LogP contribution in [-0.4, -0.2) is 40.9 Å². The van der Waals surface area contributed by atoms with Crippen molar-refractivity contribution >= 4 is 23.4 Å². The Hall–Kier alpha value is -1.33. The summed E-state index contributed by atoms with van der Waals surface area (Å²) in [6.45, 7) is 2.29. The van der Waals surface area contributed by atoms with Crippen molar-refractivity contribution in [3.05, 3.63) is 22.8 Å². The van der Waals surface area contributed by atoms with Gasteiger partial charge in [-0.25, -0.2) is 9.78 Å². The molecule has 0 amide bonds. The van der Waals surface area contributed by atoms with E-state index in [-0.39, 0.29) is 10.7 Å². The maximum Gasteiger partial charge on any atom is 0.356 e. The number of nitrogens with zero attached hydrogens (tertiary/aromatic N) is 2. The predicted molar refractivity (Wildman–Crippen MR) is 65.8 cm³/mol. The second-order valence-electron chi connectivity index (χ2n) is 3.86. The molecule has 0 saturated heterocycles. The van der Waals surface area contributed by atoms with E-state index in [4.69, 9.17) is 16.7 Å². The van der Waals surface area contributed by atoms with Crippen LogP contribution in [0.25, 0.3) is 0 Å². The molecule has 5 nitrogen and oxygen atoms in total. The largest absolute Gasteiger partial charge is 0.476 e. The highest BCUT2D eigenvalue weighted by Crippen LogP contribution is 2.18. The van der Waals surface area contributed by atoms with Crippen LogP contribution in [0.4, 0.5) is 5.82 Å². The van der Waals surface area contributed by atoms with Gasteiger partial charge in [0.25, 0.3) is 0 Å². The molecule has 0 radical (unpaired) electrons. The molecule has 0 aliphatic carbocycles. The Kier molecular flexibility index (Phi) is 4.72. The van der Waals surface area contributed by atoms with Crippen molar-refractivity contribution in [1.29, 1.82) is 0 Å². The van der Waals surface area contributed by atoms with E-state index in [1.807, 2.05) is 0 Å². The third kappa shape index (κ3) is 3.87. The summed E-state index contributed by atoms with van der Waals surface area (Å²) in [6.07, 6.45) is 0.187. The third-order valence-corrected chi connectivity index (χ3v) is 2.61. The number of rotatable bonds is 5. The molecule has 2 N–H and O–H groups in total. The summed E-state index contributed by atoms with van der Waals surface area (Å²) in [5.41, 5.74) is -0.159. The first-order valence-corrected chi connectivity index (χ1v) is 5.58. The van der Waals surface area contributed by atoms with Gasteiger partial charge in [0, 0.05) is 13.6 Å². The number of carboxylic acids is 1. The van der Waals surface area contributed by atoms with Gasteiger partial charge in [-0.1, -0.05) is 11.6 Å². The lowest BCUT2D eigenvalue weighted by Gasteiger charge is -2.19. The average Bonchev–Trinajstić information content (AvgIpc) is 2.26. The van der Waals surface area contributed by atoms with Crippen molar-refractivity contribution in [2.75, 3.05) is 18.5 Å². The van der Waals surface area contributed by atoms with Gasteiger partial charge >= 0.3 is 5.97 Å². The van der Waals surface area contributed by atoms with E-state index in [9.17, 15) is 9.90 Å². The molecule has 6 heteroatoms. The van der Waals surface area contributed by atoms with Crippen LogP contribution in [-0.2, 0) is 0 Å². The summed E-state index contributed by atoms with van der Waals surface area (Å²) in [7, 11) is 1.78. The van der Waals surface area contributed by atoms with E-state index in [0.717, 1.165) is 0 Å². The van der Waals surface area contributed by atoms with Gasteiger partial charge in [0.05, 0.1) is 11.1 Å². The summed E-state index contributed by atoms with van der Waals surface area (Å²) in [5.74, 6) is -0.631. The Morgan fingerprint density at radius 3 is 2.76 bits per heavy atom. The number of halogens is 1. The molecule has 0 fully saturated rings. The number of pyridine rings is 1. The Morgan fingerprint density at radius 1 is 1.59 bits per heavy atom. The van der Waals surface area contributed by atoms with Gasteiger partial charge in [0.2, 0.25) is 0 Å². The number of carboxylic acid groups (broad SMARTS) is 1. The Labute approximate surface area is 105 Å². The van der Waals surface area contributed by atoms with Crippen LogP contribution >= 0.6 is 11.6 Å². The molecular weight excluding hydrogens is 244 g/mol.